The number of nitrogens with zero attached hydrogens (tertiary/aromatic N) is 2. The Morgan fingerprint density at radius 2 is 2.08 bits per heavy atom. The largest absolute Gasteiger partial charge is 0.378 e. The van der Waals surface area contributed by atoms with Crippen LogP contribution in [0.2, 0.25) is 0 Å². The second-order valence-electron chi connectivity index (χ2n) is 6.89. The lowest BCUT2D eigenvalue weighted by molar-refractivity contribution is -0.132. The van der Waals surface area contributed by atoms with Crippen LogP contribution in [0.15, 0.2) is 35.7 Å². The van der Waals surface area contributed by atoms with Gasteiger partial charge in [-0.25, -0.2) is 0 Å². The molecule has 0 spiro atoms. The van der Waals surface area contributed by atoms with Crippen LogP contribution in [-0.2, 0) is 22.5 Å². The highest BCUT2D eigenvalue weighted by molar-refractivity contribution is 7.10. The average Bonchev–Trinajstić information content (AvgIpc) is 3.16. The molecule has 0 bridgehead atoms. The van der Waals surface area contributed by atoms with Crippen molar-refractivity contribution < 1.29 is 9.53 Å². The lowest BCUT2D eigenvalue weighted by Crippen LogP contribution is -2.43. The molecular weight excluding hydrogens is 346 g/mol. The molecule has 1 atom stereocenters. The van der Waals surface area contributed by atoms with Gasteiger partial charge in [0, 0.05) is 42.4 Å². The molecule has 1 N–H and O–H groups in total. The average molecular weight is 372 g/mol. The predicted octanol–water partition coefficient (Wildman–Crippen LogP) is 2.97. The third-order valence-corrected chi connectivity index (χ3v) is 6.12. The van der Waals surface area contributed by atoms with Crippen molar-refractivity contribution in [2.75, 3.05) is 43.1 Å². The van der Waals surface area contributed by atoms with Crippen molar-refractivity contribution >= 4 is 28.6 Å². The minimum atomic E-state index is -0.241. The first-order valence-corrected chi connectivity index (χ1v) is 10.1. The molecule has 2 aromatic rings. The van der Waals surface area contributed by atoms with Gasteiger partial charge in [0.15, 0.2) is 0 Å². The van der Waals surface area contributed by atoms with Crippen LogP contribution in [0.4, 0.5) is 11.4 Å². The Bertz CT molecular complexity index is 770. The maximum atomic E-state index is 12.9. The molecule has 6 heteroatoms. The van der Waals surface area contributed by atoms with Crippen molar-refractivity contribution in [3.8, 4) is 0 Å². The van der Waals surface area contributed by atoms with E-state index < -0.39 is 0 Å². The lowest BCUT2D eigenvalue weighted by Gasteiger charge is -2.31. The van der Waals surface area contributed by atoms with Crippen LogP contribution in [0.5, 0.6) is 0 Å². The molecule has 1 aromatic heterocycles. The molecular formula is C20H25N3O2S. The van der Waals surface area contributed by atoms with Gasteiger partial charge in [-0.15, -0.1) is 11.3 Å². The van der Waals surface area contributed by atoms with Gasteiger partial charge in [-0.2, -0.15) is 0 Å². The summed E-state index contributed by atoms with van der Waals surface area (Å²) in [5, 5.41) is 5.51. The minimum Gasteiger partial charge on any atom is -0.378 e. The van der Waals surface area contributed by atoms with Crippen molar-refractivity contribution in [3.63, 3.8) is 0 Å². The first-order valence-electron chi connectivity index (χ1n) is 9.24. The van der Waals surface area contributed by atoms with E-state index in [1.54, 1.807) is 11.3 Å². The Morgan fingerprint density at radius 1 is 1.23 bits per heavy atom. The van der Waals surface area contributed by atoms with Crippen LogP contribution >= 0.6 is 11.3 Å². The van der Waals surface area contributed by atoms with Gasteiger partial charge in [0.05, 0.1) is 13.2 Å². The quantitative estimate of drug-likeness (QED) is 0.897. The Labute approximate surface area is 158 Å². The highest BCUT2D eigenvalue weighted by Crippen LogP contribution is 2.25. The number of morpholine rings is 1. The van der Waals surface area contributed by atoms with Crippen molar-refractivity contribution in [1.82, 2.24) is 4.90 Å². The summed E-state index contributed by atoms with van der Waals surface area (Å²) in [4.78, 5) is 18.6. The van der Waals surface area contributed by atoms with Gasteiger partial charge in [-0.3, -0.25) is 4.79 Å². The monoisotopic (exact) mass is 371 g/mol. The van der Waals surface area contributed by atoms with Crippen LogP contribution in [0.3, 0.4) is 0 Å². The molecule has 1 fully saturated rings. The SMILES string of the molecule is C[C@H](Nc1cccc(N2CCOCC2)c1)C(=O)N1CCc2sccc2C1. The second-order valence-corrected chi connectivity index (χ2v) is 7.90. The molecule has 1 amide bonds. The highest BCUT2D eigenvalue weighted by atomic mass is 32.1. The van der Waals surface area contributed by atoms with E-state index in [1.807, 2.05) is 24.0 Å². The minimum absolute atomic E-state index is 0.165. The van der Waals surface area contributed by atoms with Gasteiger partial charge in [-0.05, 0) is 48.6 Å². The van der Waals surface area contributed by atoms with Crippen LogP contribution < -0.4 is 10.2 Å². The number of ether oxygens (including phenoxy) is 1. The third kappa shape index (κ3) is 3.71. The Hall–Kier alpha value is -2.05. The number of thiophene rings is 1. The number of fused-ring (bicyclic) bond motifs is 1. The molecule has 0 unspecified atom stereocenters. The van der Waals surface area contributed by atoms with Crippen LogP contribution in [-0.4, -0.2) is 49.7 Å². The maximum absolute atomic E-state index is 12.9. The van der Waals surface area contributed by atoms with Gasteiger partial charge in [0.25, 0.3) is 0 Å². The molecule has 2 aliphatic heterocycles. The van der Waals surface area contributed by atoms with Crippen molar-refractivity contribution in [2.45, 2.75) is 25.9 Å². The van der Waals surface area contributed by atoms with Crippen LogP contribution in [0.1, 0.15) is 17.4 Å². The van der Waals surface area contributed by atoms with Gasteiger partial charge in [0.2, 0.25) is 5.91 Å². The normalized spacial score (nSPS) is 18.3. The molecule has 0 saturated carbocycles. The number of amides is 1. The summed E-state index contributed by atoms with van der Waals surface area (Å²) in [5.41, 5.74) is 3.47. The van der Waals surface area contributed by atoms with E-state index in [-0.39, 0.29) is 11.9 Å². The Kier molecular flexibility index (Phi) is 5.13. The molecule has 3 heterocycles. The summed E-state index contributed by atoms with van der Waals surface area (Å²) < 4.78 is 5.43. The number of hydrogen-bond donors (Lipinski definition) is 1. The zero-order chi connectivity index (χ0) is 17.9. The topological polar surface area (TPSA) is 44.8 Å². The first kappa shape index (κ1) is 17.4. The van der Waals surface area contributed by atoms with E-state index in [1.165, 1.54) is 16.1 Å². The van der Waals surface area contributed by atoms with E-state index in [9.17, 15) is 4.79 Å². The second kappa shape index (κ2) is 7.68. The molecule has 1 aromatic carbocycles. The van der Waals surface area contributed by atoms with E-state index in [2.05, 4.69) is 33.8 Å². The fourth-order valence-corrected chi connectivity index (χ4v) is 4.53. The third-order valence-electron chi connectivity index (χ3n) is 5.10. The molecule has 2 aliphatic rings. The number of nitrogens with one attached hydrogen (secondary N) is 1. The number of anilines is 2. The summed E-state index contributed by atoms with van der Waals surface area (Å²) in [6.45, 7) is 6.86. The standard InChI is InChI=1S/C20H25N3O2S/c1-15(20(24)23-7-5-19-16(14-23)6-12-26-19)21-17-3-2-4-18(13-17)22-8-10-25-11-9-22/h2-4,6,12-13,15,21H,5,7-11,14H2,1H3/t15-/m0/s1. The summed E-state index contributed by atoms with van der Waals surface area (Å²) in [6, 6.07) is 10.2. The zero-order valence-electron chi connectivity index (χ0n) is 15.1. The summed E-state index contributed by atoms with van der Waals surface area (Å²) in [5.74, 6) is 0.165. The first-order chi connectivity index (χ1) is 12.7. The number of hydrogen-bond acceptors (Lipinski definition) is 5. The number of rotatable bonds is 4. The van der Waals surface area contributed by atoms with Gasteiger partial charge < -0.3 is 19.9 Å². The Balaban J connectivity index is 1.40. The van der Waals surface area contributed by atoms with Gasteiger partial charge in [-0.1, -0.05) is 6.07 Å². The van der Waals surface area contributed by atoms with Crippen molar-refractivity contribution in [1.29, 1.82) is 0 Å². The Morgan fingerprint density at radius 3 is 2.92 bits per heavy atom. The van der Waals surface area contributed by atoms with Crippen LogP contribution in [0, 0.1) is 0 Å². The smallest absolute Gasteiger partial charge is 0.245 e. The van der Waals surface area contributed by atoms with Gasteiger partial charge in [0.1, 0.15) is 6.04 Å². The maximum Gasteiger partial charge on any atom is 0.245 e. The van der Waals surface area contributed by atoms with E-state index in [4.69, 9.17) is 4.74 Å². The number of carbonyl (C=O) groups is 1. The van der Waals surface area contributed by atoms with E-state index >= 15 is 0 Å². The van der Waals surface area contributed by atoms with Crippen molar-refractivity contribution in [2.24, 2.45) is 0 Å². The molecule has 0 aliphatic carbocycles. The summed E-state index contributed by atoms with van der Waals surface area (Å²) >= 11 is 1.80. The zero-order valence-corrected chi connectivity index (χ0v) is 15.9. The van der Waals surface area contributed by atoms with E-state index in [0.717, 1.165) is 51.5 Å². The van der Waals surface area contributed by atoms with Crippen molar-refractivity contribution in [3.05, 3.63) is 46.2 Å². The van der Waals surface area contributed by atoms with E-state index in [0.29, 0.717) is 0 Å². The summed E-state index contributed by atoms with van der Waals surface area (Å²) in [7, 11) is 0. The fourth-order valence-electron chi connectivity index (χ4n) is 3.64. The predicted molar refractivity (Wildman–Crippen MR) is 106 cm³/mol. The summed E-state index contributed by atoms with van der Waals surface area (Å²) in [6.07, 6.45) is 0.970. The fraction of sp³-hybridized carbons (Fsp3) is 0.450. The molecule has 26 heavy (non-hydrogen) atoms. The number of carbonyl (C=O) groups excluding carboxylic acids is 1. The lowest BCUT2D eigenvalue weighted by atomic mass is 10.1. The molecule has 4 rings (SSSR count). The molecule has 5 nitrogen and oxygen atoms in total. The number of benzene rings is 1. The van der Waals surface area contributed by atoms with Gasteiger partial charge >= 0.3 is 0 Å². The molecule has 138 valence electrons. The molecule has 1 saturated heterocycles. The highest BCUT2D eigenvalue weighted by Gasteiger charge is 2.25. The molecule has 0 radical (unpaired) electrons. The van der Waals surface area contributed by atoms with Crippen LogP contribution in [0.25, 0.3) is 0 Å².